The minimum Gasteiger partial charge on any atom is -0.477 e. The average Bonchev–Trinajstić information content (AvgIpc) is 2.71. The predicted octanol–water partition coefficient (Wildman–Crippen LogP) is 3.94. The topological polar surface area (TPSA) is 37.3 Å². The molecule has 2 aromatic rings. The number of halogens is 1. The Balaban J connectivity index is 2.43. The SMILES string of the molecule is O=C(O)c1ccc(-c2sccc2Br)s1. The lowest BCUT2D eigenvalue weighted by atomic mass is 10.4. The number of rotatable bonds is 2. The zero-order chi connectivity index (χ0) is 10.1. The first-order valence-corrected chi connectivity index (χ1v) is 6.24. The minimum absolute atomic E-state index is 0.375. The fourth-order valence-corrected chi connectivity index (χ4v) is 3.75. The second-order valence-corrected chi connectivity index (χ2v) is 5.42. The van der Waals surface area contributed by atoms with Crippen molar-refractivity contribution in [3.8, 4) is 9.75 Å². The van der Waals surface area contributed by atoms with Crippen LogP contribution in [0.15, 0.2) is 28.1 Å². The summed E-state index contributed by atoms with van der Waals surface area (Å²) in [6, 6.07) is 5.43. The highest BCUT2D eigenvalue weighted by molar-refractivity contribution is 9.10. The van der Waals surface area contributed by atoms with Gasteiger partial charge in [-0.3, -0.25) is 0 Å². The van der Waals surface area contributed by atoms with Crippen LogP contribution in [0.5, 0.6) is 0 Å². The van der Waals surface area contributed by atoms with Crippen molar-refractivity contribution in [1.29, 1.82) is 0 Å². The van der Waals surface area contributed by atoms with Crippen molar-refractivity contribution >= 4 is 44.6 Å². The first-order chi connectivity index (χ1) is 6.68. The summed E-state index contributed by atoms with van der Waals surface area (Å²) in [6.07, 6.45) is 0. The largest absolute Gasteiger partial charge is 0.477 e. The Labute approximate surface area is 97.0 Å². The molecule has 14 heavy (non-hydrogen) atoms. The quantitative estimate of drug-likeness (QED) is 0.909. The van der Waals surface area contributed by atoms with Crippen molar-refractivity contribution in [3.63, 3.8) is 0 Å². The van der Waals surface area contributed by atoms with Gasteiger partial charge in [0.15, 0.2) is 0 Å². The lowest BCUT2D eigenvalue weighted by molar-refractivity contribution is 0.0702. The standard InChI is InChI=1S/C9H5BrO2S2/c10-5-3-4-13-8(5)6-1-2-7(14-6)9(11)12/h1-4H,(H,11,12). The summed E-state index contributed by atoms with van der Waals surface area (Å²) in [5, 5.41) is 10.7. The lowest BCUT2D eigenvalue weighted by Crippen LogP contribution is -1.89. The molecule has 0 amide bonds. The van der Waals surface area contributed by atoms with Crippen molar-refractivity contribution in [3.05, 3.63) is 32.9 Å². The number of aromatic carboxylic acids is 1. The number of carboxylic acid groups (broad SMARTS) is 1. The molecule has 2 rings (SSSR count). The summed E-state index contributed by atoms with van der Waals surface area (Å²) in [6.45, 7) is 0. The van der Waals surface area contributed by atoms with Gasteiger partial charge in [-0.25, -0.2) is 4.79 Å². The third kappa shape index (κ3) is 1.75. The zero-order valence-electron chi connectivity index (χ0n) is 6.86. The van der Waals surface area contributed by atoms with Gasteiger partial charge in [-0.1, -0.05) is 0 Å². The van der Waals surface area contributed by atoms with Crippen molar-refractivity contribution in [2.75, 3.05) is 0 Å². The Morgan fingerprint density at radius 3 is 2.64 bits per heavy atom. The van der Waals surface area contributed by atoms with E-state index in [-0.39, 0.29) is 0 Å². The molecule has 0 saturated carbocycles. The van der Waals surface area contributed by atoms with E-state index in [4.69, 9.17) is 5.11 Å². The van der Waals surface area contributed by atoms with Crippen LogP contribution in [0, 0.1) is 0 Å². The molecule has 0 saturated heterocycles. The van der Waals surface area contributed by atoms with E-state index in [1.165, 1.54) is 11.3 Å². The zero-order valence-corrected chi connectivity index (χ0v) is 10.1. The molecule has 2 heterocycles. The number of hydrogen-bond donors (Lipinski definition) is 1. The fourth-order valence-electron chi connectivity index (χ4n) is 1.04. The highest BCUT2D eigenvalue weighted by Crippen LogP contribution is 2.37. The van der Waals surface area contributed by atoms with E-state index >= 15 is 0 Å². The molecule has 5 heteroatoms. The van der Waals surface area contributed by atoms with Crippen LogP contribution in [0.25, 0.3) is 9.75 Å². The summed E-state index contributed by atoms with van der Waals surface area (Å²) in [4.78, 5) is 13.1. The Morgan fingerprint density at radius 1 is 1.36 bits per heavy atom. The lowest BCUT2D eigenvalue weighted by Gasteiger charge is -1.91. The highest BCUT2D eigenvalue weighted by atomic mass is 79.9. The summed E-state index contributed by atoms with van der Waals surface area (Å²) in [5.41, 5.74) is 0. The molecule has 0 spiro atoms. The Bertz CT molecular complexity index is 473. The molecule has 2 nitrogen and oxygen atoms in total. The first kappa shape index (κ1) is 9.89. The summed E-state index contributed by atoms with van der Waals surface area (Å²) >= 11 is 6.31. The van der Waals surface area contributed by atoms with E-state index in [0.29, 0.717) is 4.88 Å². The van der Waals surface area contributed by atoms with Gasteiger partial charge in [0.2, 0.25) is 0 Å². The van der Waals surface area contributed by atoms with Gasteiger partial charge in [-0.15, -0.1) is 22.7 Å². The normalized spacial score (nSPS) is 10.4. The van der Waals surface area contributed by atoms with Crippen LogP contribution >= 0.6 is 38.6 Å². The molecule has 0 bridgehead atoms. The summed E-state index contributed by atoms with van der Waals surface area (Å²) in [7, 11) is 0. The van der Waals surface area contributed by atoms with E-state index in [1.807, 2.05) is 17.5 Å². The summed E-state index contributed by atoms with van der Waals surface area (Å²) < 4.78 is 1.02. The van der Waals surface area contributed by atoms with E-state index in [0.717, 1.165) is 14.2 Å². The summed E-state index contributed by atoms with van der Waals surface area (Å²) in [5.74, 6) is -0.867. The molecular weight excluding hydrogens is 284 g/mol. The van der Waals surface area contributed by atoms with Gasteiger partial charge in [0.25, 0.3) is 0 Å². The molecular formula is C9H5BrO2S2. The van der Waals surface area contributed by atoms with Gasteiger partial charge < -0.3 is 5.11 Å². The second-order valence-electron chi connectivity index (χ2n) is 2.57. The minimum atomic E-state index is -0.867. The van der Waals surface area contributed by atoms with Crippen LogP contribution in [-0.2, 0) is 0 Å². The Morgan fingerprint density at radius 2 is 2.14 bits per heavy atom. The van der Waals surface area contributed by atoms with Crippen molar-refractivity contribution in [1.82, 2.24) is 0 Å². The molecule has 0 aliphatic carbocycles. The number of thiophene rings is 2. The Hall–Kier alpha value is -0.650. The van der Waals surface area contributed by atoms with Crippen LogP contribution in [0.1, 0.15) is 9.67 Å². The fraction of sp³-hybridized carbons (Fsp3) is 0. The number of carboxylic acids is 1. The third-order valence-corrected chi connectivity index (χ3v) is 4.75. The molecule has 1 N–H and O–H groups in total. The first-order valence-electron chi connectivity index (χ1n) is 3.75. The number of carbonyl (C=O) groups is 1. The van der Waals surface area contributed by atoms with Crippen molar-refractivity contribution < 1.29 is 9.90 Å². The third-order valence-electron chi connectivity index (χ3n) is 1.66. The molecule has 0 radical (unpaired) electrons. The van der Waals surface area contributed by atoms with E-state index in [9.17, 15) is 4.79 Å². The second kappa shape index (κ2) is 3.84. The van der Waals surface area contributed by atoms with Gasteiger partial charge in [-0.2, -0.15) is 0 Å². The Kier molecular flexibility index (Phi) is 2.71. The maximum Gasteiger partial charge on any atom is 0.345 e. The van der Waals surface area contributed by atoms with E-state index < -0.39 is 5.97 Å². The van der Waals surface area contributed by atoms with Gasteiger partial charge in [0.1, 0.15) is 4.88 Å². The predicted molar refractivity (Wildman–Crippen MR) is 62.3 cm³/mol. The van der Waals surface area contributed by atoms with Gasteiger partial charge >= 0.3 is 5.97 Å². The number of hydrogen-bond acceptors (Lipinski definition) is 3. The maximum absolute atomic E-state index is 10.7. The van der Waals surface area contributed by atoms with Crippen LogP contribution in [-0.4, -0.2) is 11.1 Å². The molecule has 0 aliphatic rings. The molecule has 2 aromatic heterocycles. The van der Waals surface area contributed by atoms with Gasteiger partial charge in [0.05, 0.1) is 4.88 Å². The van der Waals surface area contributed by atoms with Gasteiger partial charge in [-0.05, 0) is 39.5 Å². The van der Waals surface area contributed by atoms with Crippen LogP contribution in [0.4, 0.5) is 0 Å². The van der Waals surface area contributed by atoms with Crippen molar-refractivity contribution in [2.45, 2.75) is 0 Å². The smallest absolute Gasteiger partial charge is 0.345 e. The molecule has 0 fully saturated rings. The molecule has 0 aliphatic heterocycles. The molecule has 0 unspecified atom stereocenters. The maximum atomic E-state index is 10.7. The monoisotopic (exact) mass is 288 g/mol. The van der Waals surface area contributed by atoms with E-state index in [2.05, 4.69) is 15.9 Å². The van der Waals surface area contributed by atoms with Crippen LogP contribution < -0.4 is 0 Å². The van der Waals surface area contributed by atoms with Crippen LogP contribution in [0.3, 0.4) is 0 Å². The molecule has 72 valence electrons. The van der Waals surface area contributed by atoms with Gasteiger partial charge in [0, 0.05) is 9.35 Å². The van der Waals surface area contributed by atoms with Crippen molar-refractivity contribution in [2.24, 2.45) is 0 Å². The van der Waals surface area contributed by atoms with Crippen LogP contribution in [0.2, 0.25) is 0 Å². The van der Waals surface area contributed by atoms with E-state index in [1.54, 1.807) is 17.4 Å². The average molecular weight is 289 g/mol. The highest BCUT2D eigenvalue weighted by Gasteiger charge is 2.11. The molecule has 0 atom stereocenters. The molecule has 0 aromatic carbocycles.